The SMILES string of the molecule is C=C/C(=N/O)Nc1ccccc1. The van der Waals surface area contributed by atoms with Crippen molar-refractivity contribution < 1.29 is 5.21 Å². The van der Waals surface area contributed by atoms with Crippen molar-refractivity contribution in [3.63, 3.8) is 0 Å². The summed E-state index contributed by atoms with van der Waals surface area (Å²) < 4.78 is 0. The molecule has 0 spiro atoms. The highest BCUT2D eigenvalue weighted by molar-refractivity contribution is 6.02. The number of nitrogens with zero attached hydrogens (tertiary/aromatic N) is 1. The molecule has 1 aromatic rings. The molecule has 12 heavy (non-hydrogen) atoms. The van der Waals surface area contributed by atoms with Gasteiger partial charge in [0.15, 0.2) is 5.84 Å². The van der Waals surface area contributed by atoms with Gasteiger partial charge in [-0.25, -0.2) is 0 Å². The van der Waals surface area contributed by atoms with Gasteiger partial charge in [-0.15, -0.1) is 0 Å². The third-order valence-electron chi connectivity index (χ3n) is 1.35. The third kappa shape index (κ3) is 2.12. The number of para-hydroxylation sites is 1. The van der Waals surface area contributed by atoms with E-state index >= 15 is 0 Å². The molecule has 0 amide bonds. The topological polar surface area (TPSA) is 44.6 Å². The van der Waals surface area contributed by atoms with Crippen molar-refractivity contribution in [2.75, 3.05) is 5.32 Å². The van der Waals surface area contributed by atoms with Crippen LogP contribution in [-0.2, 0) is 0 Å². The molecule has 0 fully saturated rings. The van der Waals surface area contributed by atoms with Gasteiger partial charge in [0, 0.05) is 5.69 Å². The van der Waals surface area contributed by atoms with Crippen LogP contribution in [0, 0.1) is 0 Å². The first-order chi connectivity index (χ1) is 5.86. The third-order valence-corrected chi connectivity index (χ3v) is 1.35. The highest BCUT2D eigenvalue weighted by atomic mass is 16.4. The molecule has 0 aliphatic carbocycles. The second kappa shape index (κ2) is 4.18. The van der Waals surface area contributed by atoms with Crippen LogP contribution in [0.15, 0.2) is 48.1 Å². The number of rotatable bonds is 2. The quantitative estimate of drug-likeness (QED) is 0.302. The van der Waals surface area contributed by atoms with Crippen molar-refractivity contribution in [2.24, 2.45) is 5.16 Å². The van der Waals surface area contributed by atoms with E-state index in [9.17, 15) is 0 Å². The average Bonchev–Trinajstić information content (AvgIpc) is 2.16. The Labute approximate surface area is 71.0 Å². The van der Waals surface area contributed by atoms with E-state index in [1.165, 1.54) is 6.08 Å². The molecular formula is C9H10N2O. The summed E-state index contributed by atoms with van der Waals surface area (Å²) in [5.41, 5.74) is 0.866. The van der Waals surface area contributed by atoms with Crippen LogP contribution >= 0.6 is 0 Å². The van der Waals surface area contributed by atoms with Crippen molar-refractivity contribution in [3.05, 3.63) is 43.0 Å². The van der Waals surface area contributed by atoms with Gasteiger partial charge in [-0.2, -0.15) is 0 Å². The molecule has 0 aliphatic rings. The number of benzene rings is 1. The average molecular weight is 162 g/mol. The molecule has 1 aromatic carbocycles. The minimum absolute atomic E-state index is 0.334. The van der Waals surface area contributed by atoms with Crippen LogP contribution in [-0.4, -0.2) is 11.0 Å². The van der Waals surface area contributed by atoms with E-state index in [-0.39, 0.29) is 0 Å². The van der Waals surface area contributed by atoms with Crippen LogP contribution in [0.3, 0.4) is 0 Å². The normalized spacial score (nSPS) is 10.8. The molecule has 0 unspecified atom stereocenters. The standard InChI is InChI=1S/C9H10N2O/c1-2-9(11-12)10-8-6-4-3-5-7-8/h2-7,12H,1H2,(H,10,11). The van der Waals surface area contributed by atoms with Gasteiger partial charge < -0.3 is 10.5 Å². The molecule has 0 saturated heterocycles. The van der Waals surface area contributed by atoms with Gasteiger partial charge in [0.25, 0.3) is 0 Å². The number of anilines is 1. The molecule has 0 atom stereocenters. The lowest BCUT2D eigenvalue weighted by Crippen LogP contribution is -2.07. The van der Waals surface area contributed by atoms with Crippen LogP contribution in [0.25, 0.3) is 0 Å². The van der Waals surface area contributed by atoms with Gasteiger partial charge in [0.05, 0.1) is 0 Å². The van der Waals surface area contributed by atoms with Gasteiger partial charge >= 0.3 is 0 Å². The van der Waals surface area contributed by atoms with Crippen LogP contribution in [0.5, 0.6) is 0 Å². The van der Waals surface area contributed by atoms with E-state index in [2.05, 4.69) is 17.1 Å². The Morgan fingerprint density at radius 1 is 1.42 bits per heavy atom. The fraction of sp³-hybridized carbons (Fsp3) is 0. The molecule has 0 aromatic heterocycles. The molecule has 0 aliphatic heterocycles. The summed E-state index contributed by atoms with van der Waals surface area (Å²) >= 11 is 0. The summed E-state index contributed by atoms with van der Waals surface area (Å²) in [6.45, 7) is 3.47. The van der Waals surface area contributed by atoms with Crippen LogP contribution in [0.2, 0.25) is 0 Å². The number of hydrogen-bond acceptors (Lipinski definition) is 2. The minimum atomic E-state index is 0.334. The van der Waals surface area contributed by atoms with Crippen molar-refractivity contribution in [1.82, 2.24) is 0 Å². The van der Waals surface area contributed by atoms with E-state index in [0.717, 1.165) is 5.69 Å². The lowest BCUT2D eigenvalue weighted by Gasteiger charge is -2.02. The smallest absolute Gasteiger partial charge is 0.169 e. The summed E-state index contributed by atoms with van der Waals surface area (Å²) in [5, 5.41) is 14.3. The second-order valence-corrected chi connectivity index (χ2v) is 2.18. The number of nitrogens with one attached hydrogen (secondary N) is 1. The summed E-state index contributed by atoms with van der Waals surface area (Å²) in [5.74, 6) is 0.334. The van der Waals surface area contributed by atoms with Crippen molar-refractivity contribution >= 4 is 11.5 Å². The number of amidine groups is 1. The van der Waals surface area contributed by atoms with Gasteiger partial charge in [0.2, 0.25) is 0 Å². The molecule has 1 rings (SSSR count). The van der Waals surface area contributed by atoms with Gasteiger partial charge in [-0.3, -0.25) is 0 Å². The predicted molar refractivity (Wildman–Crippen MR) is 49.5 cm³/mol. The van der Waals surface area contributed by atoms with E-state index in [1.807, 2.05) is 30.3 Å². The Morgan fingerprint density at radius 2 is 2.08 bits per heavy atom. The Hall–Kier alpha value is -1.77. The Balaban J connectivity index is 2.70. The number of oxime groups is 1. The van der Waals surface area contributed by atoms with E-state index in [1.54, 1.807) is 0 Å². The summed E-state index contributed by atoms with van der Waals surface area (Å²) in [7, 11) is 0. The largest absolute Gasteiger partial charge is 0.409 e. The zero-order valence-corrected chi connectivity index (χ0v) is 6.57. The molecule has 0 radical (unpaired) electrons. The van der Waals surface area contributed by atoms with Crippen molar-refractivity contribution in [1.29, 1.82) is 0 Å². The first kappa shape index (κ1) is 8.33. The van der Waals surface area contributed by atoms with Crippen molar-refractivity contribution in [3.8, 4) is 0 Å². The first-order valence-corrected chi connectivity index (χ1v) is 3.53. The van der Waals surface area contributed by atoms with Crippen LogP contribution in [0.1, 0.15) is 0 Å². The number of hydrogen-bond donors (Lipinski definition) is 2. The maximum atomic E-state index is 8.44. The summed E-state index contributed by atoms with van der Waals surface area (Å²) in [6.07, 6.45) is 1.44. The Bertz CT molecular complexity index is 280. The van der Waals surface area contributed by atoms with Crippen molar-refractivity contribution in [2.45, 2.75) is 0 Å². The highest BCUT2D eigenvalue weighted by Gasteiger charge is 1.92. The van der Waals surface area contributed by atoms with Gasteiger partial charge in [-0.1, -0.05) is 29.9 Å². The molecule has 62 valence electrons. The molecule has 2 N–H and O–H groups in total. The maximum absolute atomic E-state index is 8.44. The Kier molecular flexibility index (Phi) is 2.90. The minimum Gasteiger partial charge on any atom is -0.409 e. The monoisotopic (exact) mass is 162 g/mol. The molecular weight excluding hydrogens is 152 g/mol. The second-order valence-electron chi connectivity index (χ2n) is 2.18. The lowest BCUT2D eigenvalue weighted by atomic mass is 10.3. The maximum Gasteiger partial charge on any atom is 0.169 e. The fourth-order valence-electron chi connectivity index (χ4n) is 0.786. The lowest BCUT2D eigenvalue weighted by molar-refractivity contribution is 0.319. The zero-order valence-electron chi connectivity index (χ0n) is 6.57. The summed E-state index contributed by atoms with van der Waals surface area (Å²) in [4.78, 5) is 0. The fourth-order valence-corrected chi connectivity index (χ4v) is 0.786. The van der Waals surface area contributed by atoms with Crippen LogP contribution < -0.4 is 5.32 Å². The summed E-state index contributed by atoms with van der Waals surface area (Å²) in [6, 6.07) is 9.43. The van der Waals surface area contributed by atoms with Gasteiger partial charge in [0.1, 0.15) is 0 Å². The molecule has 3 nitrogen and oxygen atoms in total. The molecule has 3 heteroatoms. The molecule has 0 saturated carbocycles. The highest BCUT2D eigenvalue weighted by Crippen LogP contribution is 2.04. The first-order valence-electron chi connectivity index (χ1n) is 3.53. The van der Waals surface area contributed by atoms with Crippen LogP contribution in [0.4, 0.5) is 5.69 Å². The molecule has 0 heterocycles. The zero-order chi connectivity index (χ0) is 8.81. The van der Waals surface area contributed by atoms with E-state index in [4.69, 9.17) is 5.21 Å². The van der Waals surface area contributed by atoms with E-state index in [0.29, 0.717) is 5.84 Å². The molecule has 0 bridgehead atoms. The van der Waals surface area contributed by atoms with Gasteiger partial charge in [-0.05, 0) is 18.2 Å². The predicted octanol–water partition coefficient (Wildman–Crippen LogP) is 2.07. The van der Waals surface area contributed by atoms with E-state index < -0.39 is 0 Å². The Morgan fingerprint density at radius 3 is 2.58 bits per heavy atom.